The van der Waals surface area contributed by atoms with Gasteiger partial charge in [0.25, 0.3) is 0 Å². The molecule has 1 aliphatic heterocycles. The molecule has 1 saturated heterocycles. The molecule has 0 aromatic heterocycles. The van der Waals surface area contributed by atoms with Crippen LogP contribution in [-0.2, 0) is 0 Å². The standard InChI is InChI=1S/C10H20N2/c1-7(11)4-12-5-8-9(6-12)10(8,2)3/h7-9H,4-6,11H2,1-3H3. The van der Waals surface area contributed by atoms with Gasteiger partial charge in [0.15, 0.2) is 0 Å². The molecule has 2 aliphatic rings. The van der Waals surface area contributed by atoms with E-state index in [4.69, 9.17) is 5.73 Å². The van der Waals surface area contributed by atoms with Gasteiger partial charge in [-0.05, 0) is 24.2 Å². The highest BCUT2D eigenvalue weighted by Crippen LogP contribution is 2.61. The van der Waals surface area contributed by atoms with Crippen molar-refractivity contribution in [3.05, 3.63) is 0 Å². The zero-order valence-electron chi connectivity index (χ0n) is 8.38. The van der Waals surface area contributed by atoms with Crippen LogP contribution in [0.1, 0.15) is 20.8 Å². The number of fused-ring (bicyclic) bond motifs is 1. The van der Waals surface area contributed by atoms with Gasteiger partial charge in [-0.1, -0.05) is 13.8 Å². The van der Waals surface area contributed by atoms with Crippen molar-refractivity contribution >= 4 is 0 Å². The Bertz CT molecular complexity index is 172. The Morgan fingerprint density at radius 1 is 1.42 bits per heavy atom. The minimum absolute atomic E-state index is 0.339. The summed E-state index contributed by atoms with van der Waals surface area (Å²) in [7, 11) is 0. The van der Waals surface area contributed by atoms with E-state index in [9.17, 15) is 0 Å². The molecule has 12 heavy (non-hydrogen) atoms. The predicted octanol–water partition coefficient (Wildman–Crippen LogP) is 0.921. The molecule has 0 radical (unpaired) electrons. The molecule has 0 bridgehead atoms. The van der Waals surface area contributed by atoms with Gasteiger partial charge in [0, 0.05) is 25.7 Å². The number of rotatable bonds is 2. The second kappa shape index (κ2) is 2.46. The lowest BCUT2D eigenvalue weighted by Crippen LogP contribution is -2.36. The summed E-state index contributed by atoms with van der Waals surface area (Å²) >= 11 is 0. The summed E-state index contributed by atoms with van der Waals surface area (Å²) in [6.07, 6.45) is 0. The lowest BCUT2D eigenvalue weighted by atomic mass is 10.1. The van der Waals surface area contributed by atoms with E-state index in [0.717, 1.165) is 18.4 Å². The van der Waals surface area contributed by atoms with Gasteiger partial charge in [0.05, 0.1) is 0 Å². The number of nitrogens with two attached hydrogens (primary N) is 1. The Balaban J connectivity index is 1.82. The van der Waals surface area contributed by atoms with Crippen molar-refractivity contribution in [3.63, 3.8) is 0 Å². The van der Waals surface area contributed by atoms with E-state index in [1.807, 2.05) is 0 Å². The average Bonchev–Trinajstić information content (AvgIpc) is 2.38. The molecule has 2 rings (SSSR count). The average molecular weight is 168 g/mol. The van der Waals surface area contributed by atoms with Gasteiger partial charge < -0.3 is 10.6 Å². The van der Waals surface area contributed by atoms with Crippen LogP contribution in [0.5, 0.6) is 0 Å². The van der Waals surface area contributed by atoms with Crippen LogP contribution in [0.2, 0.25) is 0 Å². The zero-order valence-corrected chi connectivity index (χ0v) is 8.38. The number of hydrogen-bond acceptors (Lipinski definition) is 2. The normalized spacial score (nSPS) is 41.0. The summed E-state index contributed by atoms with van der Waals surface area (Å²) in [6, 6.07) is 0.339. The Morgan fingerprint density at radius 3 is 2.33 bits per heavy atom. The van der Waals surface area contributed by atoms with Gasteiger partial charge in [-0.3, -0.25) is 0 Å². The van der Waals surface area contributed by atoms with E-state index in [1.54, 1.807) is 0 Å². The Morgan fingerprint density at radius 2 is 1.92 bits per heavy atom. The SMILES string of the molecule is CC(N)CN1CC2C(C1)C2(C)C. The third-order valence-electron chi connectivity index (χ3n) is 3.74. The molecule has 2 heteroatoms. The van der Waals surface area contributed by atoms with Crippen LogP contribution in [0.15, 0.2) is 0 Å². The summed E-state index contributed by atoms with van der Waals surface area (Å²) in [4.78, 5) is 2.52. The number of hydrogen-bond donors (Lipinski definition) is 1. The molecule has 2 fully saturated rings. The topological polar surface area (TPSA) is 29.3 Å². The third kappa shape index (κ3) is 1.17. The van der Waals surface area contributed by atoms with Gasteiger partial charge in [-0.2, -0.15) is 0 Å². The van der Waals surface area contributed by atoms with E-state index >= 15 is 0 Å². The predicted molar refractivity (Wildman–Crippen MR) is 50.9 cm³/mol. The quantitative estimate of drug-likeness (QED) is 0.664. The molecule has 0 aromatic rings. The van der Waals surface area contributed by atoms with E-state index < -0.39 is 0 Å². The van der Waals surface area contributed by atoms with Crippen molar-refractivity contribution in [2.24, 2.45) is 23.0 Å². The van der Waals surface area contributed by atoms with Gasteiger partial charge in [-0.25, -0.2) is 0 Å². The van der Waals surface area contributed by atoms with E-state index in [1.165, 1.54) is 13.1 Å². The van der Waals surface area contributed by atoms with Gasteiger partial charge >= 0.3 is 0 Å². The van der Waals surface area contributed by atoms with Crippen LogP contribution in [-0.4, -0.2) is 30.6 Å². The van der Waals surface area contributed by atoms with Crippen molar-refractivity contribution < 1.29 is 0 Å². The molecule has 2 N–H and O–H groups in total. The summed E-state index contributed by atoms with van der Waals surface area (Å²) in [5.74, 6) is 1.94. The van der Waals surface area contributed by atoms with Gasteiger partial charge in [-0.15, -0.1) is 0 Å². The highest BCUT2D eigenvalue weighted by atomic mass is 15.2. The molecule has 1 heterocycles. The van der Waals surface area contributed by atoms with Crippen LogP contribution in [0.25, 0.3) is 0 Å². The number of likely N-dealkylation sites (tertiary alicyclic amines) is 1. The first-order chi connectivity index (χ1) is 5.51. The van der Waals surface area contributed by atoms with Gasteiger partial charge in [0.2, 0.25) is 0 Å². The first-order valence-electron chi connectivity index (χ1n) is 4.99. The van der Waals surface area contributed by atoms with E-state index in [2.05, 4.69) is 25.7 Å². The molecule has 0 aromatic carbocycles. The van der Waals surface area contributed by atoms with Crippen LogP contribution in [0.4, 0.5) is 0 Å². The van der Waals surface area contributed by atoms with Crippen molar-refractivity contribution in [1.29, 1.82) is 0 Å². The van der Waals surface area contributed by atoms with E-state index in [0.29, 0.717) is 11.5 Å². The Labute approximate surface area is 75.1 Å². The maximum atomic E-state index is 5.76. The fraction of sp³-hybridized carbons (Fsp3) is 1.00. The van der Waals surface area contributed by atoms with Crippen LogP contribution in [0, 0.1) is 17.3 Å². The number of nitrogens with zero attached hydrogens (tertiary/aromatic N) is 1. The minimum Gasteiger partial charge on any atom is -0.327 e. The summed E-state index contributed by atoms with van der Waals surface area (Å²) in [5, 5.41) is 0. The molecule has 0 amide bonds. The minimum atomic E-state index is 0.339. The molecule has 70 valence electrons. The largest absolute Gasteiger partial charge is 0.327 e. The van der Waals surface area contributed by atoms with Crippen LogP contribution < -0.4 is 5.73 Å². The molecular formula is C10H20N2. The maximum absolute atomic E-state index is 5.76. The first-order valence-corrected chi connectivity index (χ1v) is 4.99. The molecule has 1 saturated carbocycles. The zero-order chi connectivity index (χ0) is 8.93. The van der Waals surface area contributed by atoms with Crippen LogP contribution >= 0.6 is 0 Å². The smallest absolute Gasteiger partial charge is 0.0139 e. The molecule has 3 unspecified atom stereocenters. The Hall–Kier alpha value is -0.0800. The molecule has 0 spiro atoms. The molecule has 2 nitrogen and oxygen atoms in total. The molecule has 3 atom stereocenters. The second-order valence-electron chi connectivity index (χ2n) is 5.23. The van der Waals surface area contributed by atoms with Crippen LogP contribution in [0.3, 0.4) is 0 Å². The lowest BCUT2D eigenvalue weighted by Gasteiger charge is -2.23. The maximum Gasteiger partial charge on any atom is 0.0139 e. The van der Waals surface area contributed by atoms with Crippen molar-refractivity contribution in [1.82, 2.24) is 4.90 Å². The van der Waals surface area contributed by atoms with Crippen molar-refractivity contribution in [2.75, 3.05) is 19.6 Å². The monoisotopic (exact) mass is 168 g/mol. The third-order valence-corrected chi connectivity index (χ3v) is 3.74. The van der Waals surface area contributed by atoms with E-state index in [-0.39, 0.29) is 0 Å². The van der Waals surface area contributed by atoms with Crippen molar-refractivity contribution in [2.45, 2.75) is 26.8 Å². The van der Waals surface area contributed by atoms with Gasteiger partial charge in [0.1, 0.15) is 0 Å². The highest BCUT2D eigenvalue weighted by molar-refractivity contribution is 5.11. The van der Waals surface area contributed by atoms with Crippen molar-refractivity contribution in [3.8, 4) is 0 Å². The summed E-state index contributed by atoms with van der Waals surface area (Å²) < 4.78 is 0. The highest BCUT2D eigenvalue weighted by Gasteiger charge is 2.61. The first kappa shape index (κ1) is 8.52. The lowest BCUT2D eigenvalue weighted by molar-refractivity contribution is 0.248. The molecule has 1 aliphatic carbocycles. The fourth-order valence-corrected chi connectivity index (χ4v) is 2.77. The summed E-state index contributed by atoms with van der Waals surface area (Å²) in [5.41, 5.74) is 6.41. The molecular weight excluding hydrogens is 148 g/mol. The summed E-state index contributed by atoms with van der Waals surface area (Å²) in [6.45, 7) is 10.5. The second-order valence-corrected chi connectivity index (χ2v) is 5.23. The number of piperidine rings is 1. The fourth-order valence-electron chi connectivity index (χ4n) is 2.77. The Kier molecular flexibility index (Phi) is 1.74.